The van der Waals surface area contributed by atoms with E-state index in [2.05, 4.69) is 22.4 Å². The smallest absolute Gasteiger partial charge is 0.0450 e. The first-order chi connectivity index (χ1) is 5.86. The number of nitrogens with one attached hydrogen (secondary N) is 1. The van der Waals surface area contributed by atoms with E-state index >= 15 is 0 Å². The summed E-state index contributed by atoms with van der Waals surface area (Å²) in [5, 5.41) is 3.35. The lowest BCUT2D eigenvalue weighted by Gasteiger charge is -2.07. The van der Waals surface area contributed by atoms with Crippen molar-refractivity contribution in [1.82, 2.24) is 10.3 Å². The topological polar surface area (TPSA) is 24.9 Å². The predicted octanol–water partition coefficient (Wildman–Crippen LogP) is 1.47. The van der Waals surface area contributed by atoms with Gasteiger partial charge in [0.15, 0.2) is 0 Å². The Bertz CT molecular complexity index is 264. The number of rotatable bonds is 1. The summed E-state index contributed by atoms with van der Waals surface area (Å²) in [6.07, 6.45) is 1.23. The molecule has 2 nitrogen and oxygen atoms in total. The zero-order valence-electron chi connectivity index (χ0n) is 7.38. The van der Waals surface area contributed by atoms with Crippen LogP contribution in [0.5, 0.6) is 0 Å². The van der Waals surface area contributed by atoms with E-state index in [0.29, 0.717) is 5.92 Å². The Kier molecular flexibility index (Phi) is 2.09. The van der Waals surface area contributed by atoms with Gasteiger partial charge in [-0.3, -0.25) is 4.98 Å². The fourth-order valence-electron chi connectivity index (χ4n) is 1.70. The highest BCUT2D eigenvalue weighted by Crippen LogP contribution is 2.19. The summed E-state index contributed by atoms with van der Waals surface area (Å²) >= 11 is 0. The van der Waals surface area contributed by atoms with Crippen molar-refractivity contribution < 1.29 is 0 Å². The lowest BCUT2D eigenvalue weighted by molar-refractivity contribution is 0.731. The van der Waals surface area contributed by atoms with Crippen molar-refractivity contribution in [2.45, 2.75) is 19.3 Å². The second kappa shape index (κ2) is 3.23. The van der Waals surface area contributed by atoms with Crippen molar-refractivity contribution in [3.05, 3.63) is 29.6 Å². The molecule has 0 spiro atoms. The number of hydrogen-bond acceptors (Lipinski definition) is 2. The highest BCUT2D eigenvalue weighted by Gasteiger charge is 2.17. The van der Waals surface area contributed by atoms with Crippen molar-refractivity contribution >= 4 is 0 Å². The van der Waals surface area contributed by atoms with Gasteiger partial charge in [0.1, 0.15) is 0 Å². The number of aryl methyl sites for hydroxylation is 1. The van der Waals surface area contributed by atoms with Gasteiger partial charge < -0.3 is 5.32 Å². The first-order valence-electron chi connectivity index (χ1n) is 4.50. The Morgan fingerprint density at radius 1 is 1.50 bits per heavy atom. The zero-order valence-corrected chi connectivity index (χ0v) is 7.38. The quantitative estimate of drug-likeness (QED) is 0.676. The van der Waals surface area contributed by atoms with Crippen molar-refractivity contribution in [1.29, 1.82) is 0 Å². The molecule has 1 aromatic rings. The minimum Gasteiger partial charge on any atom is -0.316 e. The first kappa shape index (κ1) is 7.74. The van der Waals surface area contributed by atoms with Crippen LogP contribution < -0.4 is 5.32 Å². The number of nitrogens with zero attached hydrogens (tertiary/aromatic N) is 1. The second-order valence-corrected chi connectivity index (χ2v) is 3.39. The molecule has 1 N–H and O–H groups in total. The summed E-state index contributed by atoms with van der Waals surface area (Å²) in [6, 6.07) is 6.27. The van der Waals surface area contributed by atoms with E-state index in [0.717, 1.165) is 18.8 Å². The summed E-state index contributed by atoms with van der Waals surface area (Å²) in [5.74, 6) is 0.643. The molecule has 1 aromatic heterocycles. The molecular formula is C10H14N2. The van der Waals surface area contributed by atoms with Crippen LogP contribution in [0, 0.1) is 6.92 Å². The maximum absolute atomic E-state index is 4.52. The molecule has 0 saturated carbocycles. The van der Waals surface area contributed by atoms with Crippen molar-refractivity contribution in [3.63, 3.8) is 0 Å². The second-order valence-electron chi connectivity index (χ2n) is 3.39. The van der Waals surface area contributed by atoms with Crippen LogP contribution in [0.4, 0.5) is 0 Å². The van der Waals surface area contributed by atoms with E-state index in [1.165, 1.54) is 12.1 Å². The van der Waals surface area contributed by atoms with E-state index in [-0.39, 0.29) is 0 Å². The third kappa shape index (κ3) is 1.48. The molecular weight excluding hydrogens is 148 g/mol. The third-order valence-corrected chi connectivity index (χ3v) is 2.39. The van der Waals surface area contributed by atoms with Crippen molar-refractivity contribution in [2.24, 2.45) is 0 Å². The Hall–Kier alpha value is -0.890. The van der Waals surface area contributed by atoms with Gasteiger partial charge in [-0.05, 0) is 32.0 Å². The van der Waals surface area contributed by atoms with Crippen LogP contribution in [-0.2, 0) is 0 Å². The molecule has 0 aliphatic carbocycles. The van der Waals surface area contributed by atoms with E-state index < -0.39 is 0 Å². The maximum Gasteiger partial charge on any atom is 0.0450 e. The van der Waals surface area contributed by atoms with E-state index in [4.69, 9.17) is 0 Å². The summed E-state index contributed by atoms with van der Waals surface area (Å²) < 4.78 is 0. The van der Waals surface area contributed by atoms with E-state index in [1.54, 1.807) is 0 Å². The van der Waals surface area contributed by atoms with Crippen LogP contribution in [0.3, 0.4) is 0 Å². The molecule has 1 aliphatic heterocycles. The average Bonchev–Trinajstić information content (AvgIpc) is 2.56. The highest BCUT2D eigenvalue weighted by molar-refractivity contribution is 5.15. The molecule has 0 radical (unpaired) electrons. The monoisotopic (exact) mass is 162 g/mol. The molecule has 12 heavy (non-hydrogen) atoms. The van der Waals surface area contributed by atoms with E-state index in [9.17, 15) is 0 Å². The van der Waals surface area contributed by atoms with Crippen LogP contribution in [0.2, 0.25) is 0 Å². The molecule has 2 heteroatoms. The largest absolute Gasteiger partial charge is 0.316 e. The minimum atomic E-state index is 0.643. The normalized spacial score (nSPS) is 22.9. The van der Waals surface area contributed by atoms with Gasteiger partial charge in [0.25, 0.3) is 0 Å². The molecule has 1 atom stereocenters. The molecule has 1 saturated heterocycles. The molecule has 0 amide bonds. The SMILES string of the molecule is Cc1cccc([C@@H]2CCNC2)n1. The molecule has 2 rings (SSSR count). The summed E-state index contributed by atoms with van der Waals surface area (Å²) in [6.45, 7) is 4.28. The Balaban J connectivity index is 2.21. The fraction of sp³-hybridized carbons (Fsp3) is 0.500. The molecule has 2 heterocycles. The number of hydrogen-bond donors (Lipinski definition) is 1. The van der Waals surface area contributed by atoms with Gasteiger partial charge in [-0.1, -0.05) is 6.07 Å². The number of pyridine rings is 1. The van der Waals surface area contributed by atoms with Crippen LogP contribution in [-0.4, -0.2) is 18.1 Å². The van der Waals surface area contributed by atoms with Crippen LogP contribution in [0.1, 0.15) is 23.7 Å². The van der Waals surface area contributed by atoms with Gasteiger partial charge in [0.2, 0.25) is 0 Å². The lowest BCUT2D eigenvalue weighted by Crippen LogP contribution is -2.09. The summed E-state index contributed by atoms with van der Waals surface area (Å²) in [5.41, 5.74) is 2.37. The average molecular weight is 162 g/mol. The third-order valence-electron chi connectivity index (χ3n) is 2.39. The van der Waals surface area contributed by atoms with Gasteiger partial charge in [-0.15, -0.1) is 0 Å². The molecule has 0 aromatic carbocycles. The van der Waals surface area contributed by atoms with Crippen LogP contribution in [0.15, 0.2) is 18.2 Å². The Labute approximate surface area is 73.0 Å². The Morgan fingerprint density at radius 2 is 2.42 bits per heavy atom. The van der Waals surface area contributed by atoms with Crippen molar-refractivity contribution in [3.8, 4) is 0 Å². The fourth-order valence-corrected chi connectivity index (χ4v) is 1.70. The molecule has 1 aliphatic rings. The van der Waals surface area contributed by atoms with Gasteiger partial charge >= 0.3 is 0 Å². The molecule has 0 unspecified atom stereocenters. The molecule has 64 valence electrons. The predicted molar refractivity (Wildman–Crippen MR) is 49.2 cm³/mol. The van der Waals surface area contributed by atoms with Crippen LogP contribution >= 0.6 is 0 Å². The maximum atomic E-state index is 4.52. The minimum absolute atomic E-state index is 0.643. The standard InChI is InChI=1S/C10H14N2/c1-8-3-2-4-10(12-8)9-5-6-11-7-9/h2-4,9,11H,5-7H2,1H3/t9-/m1/s1. The summed E-state index contributed by atoms with van der Waals surface area (Å²) in [7, 11) is 0. The lowest BCUT2D eigenvalue weighted by atomic mass is 10.0. The van der Waals surface area contributed by atoms with Crippen LogP contribution in [0.25, 0.3) is 0 Å². The number of aromatic nitrogens is 1. The van der Waals surface area contributed by atoms with Crippen molar-refractivity contribution in [2.75, 3.05) is 13.1 Å². The highest BCUT2D eigenvalue weighted by atomic mass is 14.9. The Morgan fingerprint density at radius 3 is 3.08 bits per heavy atom. The van der Waals surface area contributed by atoms with Gasteiger partial charge in [0, 0.05) is 23.9 Å². The first-order valence-corrected chi connectivity index (χ1v) is 4.50. The molecule has 0 bridgehead atoms. The summed E-state index contributed by atoms with van der Waals surface area (Å²) in [4.78, 5) is 4.52. The van der Waals surface area contributed by atoms with Gasteiger partial charge in [-0.25, -0.2) is 0 Å². The zero-order chi connectivity index (χ0) is 8.39. The van der Waals surface area contributed by atoms with Gasteiger partial charge in [-0.2, -0.15) is 0 Å². The molecule has 1 fully saturated rings. The van der Waals surface area contributed by atoms with E-state index in [1.807, 2.05) is 13.0 Å². The van der Waals surface area contributed by atoms with Gasteiger partial charge in [0.05, 0.1) is 0 Å².